The van der Waals surface area contributed by atoms with Crippen LogP contribution in [0.1, 0.15) is 50.2 Å². The van der Waals surface area contributed by atoms with Crippen molar-refractivity contribution in [1.29, 1.82) is 0 Å². The van der Waals surface area contributed by atoms with Crippen molar-refractivity contribution in [2.24, 2.45) is 0 Å². The Hall–Kier alpha value is -1.13. The largest absolute Gasteiger partial charge is 0.490 e. The third-order valence-corrected chi connectivity index (χ3v) is 5.40. The van der Waals surface area contributed by atoms with Crippen molar-refractivity contribution < 1.29 is 9.47 Å². The zero-order chi connectivity index (χ0) is 19.1. The van der Waals surface area contributed by atoms with Crippen molar-refractivity contribution in [3.05, 3.63) is 57.6 Å². The highest BCUT2D eigenvalue weighted by Gasteiger charge is 2.16. The fourth-order valence-corrected chi connectivity index (χ4v) is 3.85. The average molecular weight is 445 g/mol. The lowest BCUT2D eigenvalue weighted by molar-refractivity contribution is 0.269. The number of nitrogens with one attached hydrogen (secondary N) is 1. The monoisotopic (exact) mass is 443 g/mol. The van der Waals surface area contributed by atoms with E-state index in [9.17, 15) is 0 Å². The molecule has 0 amide bonds. The van der Waals surface area contributed by atoms with Crippen molar-refractivity contribution in [2.45, 2.75) is 58.2 Å². The van der Waals surface area contributed by atoms with Gasteiger partial charge in [-0.25, -0.2) is 0 Å². The fraction of sp³-hybridized carbons (Fsp3) is 0.455. The molecule has 0 unspecified atom stereocenters. The normalized spacial score (nSPS) is 14.4. The molecule has 28 heavy (non-hydrogen) atoms. The van der Waals surface area contributed by atoms with Crippen LogP contribution in [0.15, 0.2) is 36.4 Å². The molecule has 6 heteroatoms. The van der Waals surface area contributed by atoms with E-state index in [2.05, 4.69) is 5.32 Å². The maximum Gasteiger partial charge on any atom is 0.180 e. The molecule has 1 N–H and O–H groups in total. The lowest BCUT2D eigenvalue weighted by Gasteiger charge is -2.23. The number of ether oxygens (including phenoxy) is 2. The Labute approximate surface area is 184 Å². The molecular weight excluding hydrogens is 417 g/mol. The summed E-state index contributed by atoms with van der Waals surface area (Å²) in [6.45, 7) is 3.73. The van der Waals surface area contributed by atoms with E-state index >= 15 is 0 Å². The third kappa shape index (κ3) is 6.73. The Kier molecular flexibility index (Phi) is 9.73. The first kappa shape index (κ1) is 23.2. The van der Waals surface area contributed by atoms with E-state index in [1.165, 1.54) is 32.1 Å². The number of rotatable bonds is 8. The van der Waals surface area contributed by atoms with Crippen LogP contribution in [0.3, 0.4) is 0 Å². The van der Waals surface area contributed by atoms with Gasteiger partial charge in [0.2, 0.25) is 0 Å². The van der Waals surface area contributed by atoms with Gasteiger partial charge in [-0.1, -0.05) is 54.6 Å². The molecule has 1 aliphatic rings. The van der Waals surface area contributed by atoms with Gasteiger partial charge in [0.25, 0.3) is 0 Å². The molecule has 0 atom stereocenters. The summed E-state index contributed by atoms with van der Waals surface area (Å²) in [4.78, 5) is 0. The van der Waals surface area contributed by atoms with Gasteiger partial charge in [0.15, 0.2) is 11.5 Å². The van der Waals surface area contributed by atoms with Crippen LogP contribution in [0.2, 0.25) is 10.0 Å². The van der Waals surface area contributed by atoms with Crippen LogP contribution in [-0.2, 0) is 13.2 Å². The molecule has 1 fully saturated rings. The standard InChI is InChI=1S/C22H27Cl2NO2.ClH/c1-2-26-21-13-17(14-25-19-6-4-3-5-7-19)12-20(24)22(21)27-15-16-8-10-18(23)11-9-16;/h8-13,19,25H,2-7,14-15H2,1H3;1H. The van der Waals surface area contributed by atoms with Gasteiger partial charge in [-0.3, -0.25) is 0 Å². The van der Waals surface area contributed by atoms with Crippen molar-refractivity contribution >= 4 is 35.6 Å². The van der Waals surface area contributed by atoms with Crippen LogP contribution >= 0.6 is 35.6 Å². The van der Waals surface area contributed by atoms with Gasteiger partial charge in [0, 0.05) is 17.6 Å². The highest BCUT2D eigenvalue weighted by atomic mass is 35.5. The Balaban J connectivity index is 0.00000280. The van der Waals surface area contributed by atoms with Gasteiger partial charge < -0.3 is 14.8 Å². The summed E-state index contributed by atoms with van der Waals surface area (Å²) in [5.41, 5.74) is 2.15. The Morgan fingerprint density at radius 3 is 2.36 bits per heavy atom. The van der Waals surface area contributed by atoms with Crippen LogP contribution in [0.25, 0.3) is 0 Å². The summed E-state index contributed by atoms with van der Waals surface area (Å²) in [7, 11) is 0. The minimum atomic E-state index is 0. The first-order chi connectivity index (χ1) is 13.2. The van der Waals surface area contributed by atoms with Crippen LogP contribution in [0.4, 0.5) is 0 Å². The molecule has 3 rings (SSSR count). The van der Waals surface area contributed by atoms with Crippen molar-refractivity contribution in [2.75, 3.05) is 6.61 Å². The topological polar surface area (TPSA) is 30.5 Å². The Morgan fingerprint density at radius 1 is 0.964 bits per heavy atom. The van der Waals surface area contributed by atoms with Crippen molar-refractivity contribution in [3.63, 3.8) is 0 Å². The summed E-state index contributed by atoms with van der Waals surface area (Å²) >= 11 is 12.5. The SMILES string of the molecule is CCOc1cc(CNC2CCCCC2)cc(Cl)c1OCc1ccc(Cl)cc1.Cl. The molecule has 3 nitrogen and oxygen atoms in total. The van der Waals surface area contributed by atoms with Crippen LogP contribution in [-0.4, -0.2) is 12.6 Å². The van der Waals surface area contributed by atoms with E-state index < -0.39 is 0 Å². The second-order valence-electron chi connectivity index (χ2n) is 6.97. The van der Waals surface area contributed by atoms with Gasteiger partial charge in [-0.05, 0) is 55.2 Å². The summed E-state index contributed by atoms with van der Waals surface area (Å²) in [5.74, 6) is 1.29. The second kappa shape index (κ2) is 11.8. The quantitative estimate of drug-likeness (QED) is 0.485. The summed E-state index contributed by atoms with van der Waals surface area (Å²) in [5, 5.41) is 4.94. The number of hydrogen-bond donors (Lipinski definition) is 1. The molecule has 1 saturated carbocycles. The number of hydrogen-bond acceptors (Lipinski definition) is 3. The zero-order valence-corrected chi connectivity index (χ0v) is 18.5. The van der Waals surface area contributed by atoms with Gasteiger partial charge in [-0.2, -0.15) is 0 Å². The minimum Gasteiger partial charge on any atom is -0.490 e. The van der Waals surface area contributed by atoms with E-state index in [1.807, 2.05) is 43.3 Å². The molecule has 0 bridgehead atoms. The van der Waals surface area contributed by atoms with Crippen LogP contribution in [0, 0.1) is 0 Å². The third-order valence-electron chi connectivity index (χ3n) is 4.87. The predicted molar refractivity (Wildman–Crippen MR) is 119 cm³/mol. The van der Waals surface area contributed by atoms with Crippen LogP contribution < -0.4 is 14.8 Å². The molecule has 1 aliphatic carbocycles. The van der Waals surface area contributed by atoms with E-state index in [4.69, 9.17) is 32.7 Å². The van der Waals surface area contributed by atoms with Crippen molar-refractivity contribution in [3.8, 4) is 11.5 Å². The van der Waals surface area contributed by atoms with Gasteiger partial charge >= 0.3 is 0 Å². The first-order valence-electron chi connectivity index (χ1n) is 9.71. The van der Waals surface area contributed by atoms with Crippen LogP contribution in [0.5, 0.6) is 11.5 Å². The molecule has 0 radical (unpaired) electrons. The lowest BCUT2D eigenvalue weighted by Crippen LogP contribution is -2.30. The summed E-state index contributed by atoms with van der Waals surface area (Å²) < 4.78 is 11.8. The fourth-order valence-electron chi connectivity index (χ4n) is 3.43. The Bertz CT molecular complexity index is 731. The predicted octanol–water partition coefficient (Wildman–Crippen LogP) is 6.82. The lowest BCUT2D eigenvalue weighted by atomic mass is 9.95. The van der Waals surface area contributed by atoms with Crippen molar-refractivity contribution in [1.82, 2.24) is 5.32 Å². The second-order valence-corrected chi connectivity index (χ2v) is 7.81. The average Bonchev–Trinajstić information content (AvgIpc) is 2.68. The number of halogens is 3. The molecule has 0 spiro atoms. The molecule has 0 heterocycles. The molecule has 154 valence electrons. The molecule has 0 saturated heterocycles. The van der Waals surface area contributed by atoms with Gasteiger partial charge in [-0.15, -0.1) is 12.4 Å². The first-order valence-corrected chi connectivity index (χ1v) is 10.5. The Morgan fingerprint density at radius 2 is 1.68 bits per heavy atom. The molecule has 2 aromatic rings. The summed E-state index contributed by atoms with van der Waals surface area (Å²) in [6.07, 6.45) is 6.51. The highest BCUT2D eigenvalue weighted by molar-refractivity contribution is 6.32. The smallest absolute Gasteiger partial charge is 0.180 e. The molecule has 0 aromatic heterocycles. The van der Waals surface area contributed by atoms with E-state index in [-0.39, 0.29) is 12.4 Å². The van der Waals surface area contributed by atoms with E-state index in [0.717, 1.165) is 17.7 Å². The minimum absolute atomic E-state index is 0. The molecule has 0 aliphatic heterocycles. The zero-order valence-electron chi connectivity index (χ0n) is 16.2. The van der Waals surface area contributed by atoms with Gasteiger partial charge in [0.05, 0.1) is 11.6 Å². The maximum absolute atomic E-state index is 6.53. The highest BCUT2D eigenvalue weighted by Crippen LogP contribution is 2.37. The van der Waals surface area contributed by atoms with E-state index in [0.29, 0.717) is 40.8 Å². The number of benzene rings is 2. The van der Waals surface area contributed by atoms with Gasteiger partial charge in [0.1, 0.15) is 6.61 Å². The molecular formula is C22H28Cl3NO2. The molecule has 2 aromatic carbocycles. The maximum atomic E-state index is 6.53. The van der Waals surface area contributed by atoms with E-state index in [1.54, 1.807) is 0 Å². The summed E-state index contributed by atoms with van der Waals surface area (Å²) in [6, 6.07) is 12.2.